The van der Waals surface area contributed by atoms with Gasteiger partial charge in [0.15, 0.2) is 0 Å². The van der Waals surface area contributed by atoms with Crippen LogP contribution < -0.4 is 11.1 Å². The van der Waals surface area contributed by atoms with Gasteiger partial charge in [0.25, 0.3) is 0 Å². The molecule has 1 unspecified atom stereocenters. The van der Waals surface area contributed by atoms with Crippen molar-refractivity contribution in [3.63, 3.8) is 0 Å². The van der Waals surface area contributed by atoms with Gasteiger partial charge in [-0.05, 0) is 61.9 Å². The molecule has 4 heteroatoms. The monoisotopic (exact) mass is 287 g/mol. The van der Waals surface area contributed by atoms with E-state index < -0.39 is 0 Å². The van der Waals surface area contributed by atoms with Gasteiger partial charge in [-0.3, -0.25) is 9.69 Å². The van der Waals surface area contributed by atoms with E-state index in [1.807, 2.05) is 12.1 Å². The maximum Gasteiger partial charge on any atom is 0.248 e. The summed E-state index contributed by atoms with van der Waals surface area (Å²) in [5, 5.41) is 3.57. The van der Waals surface area contributed by atoms with Crippen LogP contribution in [0.3, 0.4) is 0 Å². The SMILES string of the molecule is NC(=O)c1cccc(CN2CCCC3(CCCNC3)C2)c1. The van der Waals surface area contributed by atoms with Crippen LogP contribution in [0.25, 0.3) is 0 Å². The third-order valence-corrected chi connectivity index (χ3v) is 4.92. The van der Waals surface area contributed by atoms with Gasteiger partial charge in [0.1, 0.15) is 0 Å². The van der Waals surface area contributed by atoms with Crippen molar-refractivity contribution in [1.82, 2.24) is 10.2 Å². The summed E-state index contributed by atoms with van der Waals surface area (Å²) in [6.45, 7) is 5.57. The van der Waals surface area contributed by atoms with Crippen molar-refractivity contribution in [2.24, 2.45) is 11.1 Å². The molecule has 1 aromatic carbocycles. The summed E-state index contributed by atoms with van der Waals surface area (Å²) in [5.41, 5.74) is 7.63. The standard InChI is InChI=1S/C17H25N3O/c18-16(21)15-5-1-4-14(10-15)11-20-9-3-7-17(13-20)6-2-8-19-12-17/h1,4-5,10,19H,2-3,6-9,11-13H2,(H2,18,21). The van der Waals surface area contributed by atoms with E-state index in [1.165, 1.54) is 44.3 Å². The fourth-order valence-corrected chi connectivity index (χ4v) is 3.90. The van der Waals surface area contributed by atoms with Crippen LogP contribution in [0.5, 0.6) is 0 Å². The highest BCUT2D eigenvalue weighted by atomic mass is 16.1. The Labute approximate surface area is 126 Å². The number of amides is 1. The predicted octanol–water partition coefficient (Wildman–Crippen LogP) is 1.75. The van der Waals surface area contributed by atoms with Crippen LogP contribution in [0.2, 0.25) is 0 Å². The fraction of sp³-hybridized carbons (Fsp3) is 0.588. The molecule has 0 saturated carbocycles. The topological polar surface area (TPSA) is 58.4 Å². The van der Waals surface area contributed by atoms with Crippen molar-refractivity contribution in [1.29, 1.82) is 0 Å². The normalized spacial score (nSPS) is 26.9. The summed E-state index contributed by atoms with van der Waals surface area (Å²) in [6.07, 6.45) is 5.26. The molecule has 4 nitrogen and oxygen atoms in total. The zero-order chi connectivity index (χ0) is 14.7. The van der Waals surface area contributed by atoms with Gasteiger partial charge in [-0.15, -0.1) is 0 Å². The van der Waals surface area contributed by atoms with Crippen molar-refractivity contribution < 1.29 is 4.79 Å². The lowest BCUT2D eigenvalue weighted by atomic mass is 9.74. The number of nitrogens with zero attached hydrogens (tertiary/aromatic N) is 1. The summed E-state index contributed by atoms with van der Waals surface area (Å²) in [6, 6.07) is 7.74. The van der Waals surface area contributed by atoms with E-state index in [-0.39, 0.29) is 5.91 Å². The molecule has 114 valence electrons. The summed E-state index contributed by atoms with van der Waals surface area (Å²) < 4.78 is 0. The number of rotatable bonds is 3. The molecule has 2 saturated heterocycles. The summed E-state index contributed by atoms with van der Waals surface area (Å²) in [7, 11) is 0. The number of carbonyl (C=O) groups is 1. The number of carbonyl (C=O) groups excluding carboxylic acids is 1. The van der Waals surface area contributed by atoms with Gasteiger partial charge in [-0.2, -0.15) is 0 Å². The number of piperidine rings is 2. The van der Waals surface area contributed by atoms with Gasteiger partial charge in [0, 0.05) is 25.2 Å². The minimum absolute atomic E-state index is 0.344. The maximum atomic E-state index is 11.3. The Balaban J connectivity index is 1.67. The molecule has 2 fully saturated rings. The van der Waals surface area contributed by atoms with Gasteiger partial charge in [-0.25, -0.2) is 0 Å². The average Bonchev–Trinajstić information content (AvgIpc) is 2.48. The first kappa shape index (κ1) is 14.5. The van der Waals surface area contributed by atoms with Crippen LogP contribution in [0.15, 0.2) is 24.3 Å². The zero-order valence-electron chi connectivity index (χ0n) is 12.6. The van der Waals surface area contributed by atoms with Crippen LogP contribution in [0.1, 0.15) is 41.6 Å². The lowest BCUT2D eigenvalue weighted by molar-refractivity contribution is 0.0600. The molecule has 2 heterocycles. The number of hydrogen-bond acceptors (Lipinski definition) is 3. The quantitative estimate of drug-likeness (QED) is 0.890. The molecule has 1 amide bonds. The van der Waals surface area contributed by atoms with Crippen LogP contribution in [-0.2, 0) is 6.54 Å². The number of nitrogens with one attached hydrogen (secondary N) is 1. The highest BCUT2D eigenvalue weighted by Crippen LogP contribution is 2.36. The molecule has 1 atom stereocenters. The van der Waals surface area contributed by atoms with Gasteiger partial charge in [0.05, 0.1) is 0 Å². The summed E-state index contributed by atoms with van der Waals surface area (Å²) in [4.78, 5) is 13.8. The van der Waals surface area contributed by atoms with E-state index in [4.69, 9.17) is 5.73 Å². The Morgan fingerprint density at radius 1 is 1.33 bits per heavy atom. The van der Waals surface area contributed by atoms with E-state index in [0.717, 1.165) is 19.6 Å². The minimum Gasteiger partial charge on any atom is -0.366 e. The van der Waals surface area contributed by atoms with Crippen molar-refractivity contribution in [3.8, 4) is 0 Å². The first-order chi connectivity index (χ1) is 10.2. The van der Waals surface area contributed by atoms with Crippen molar-refractivity contribution in [2.75, 3.05) is 26.2 Å². The summed E-state index contributed by atoms with van der Waals surface area (Å²) >= 11 is 0. The van der Waals surface area contributed by atoms with Crippen LogP contribution in [-0.4, -0.2) is 37.0 Å². The third-order valence-electron chi connectivity index (χ3n) is 4.92. The molecule has 1 aromatic rings. The second kappa shape index (κ2) is 6.16. The van der Waals surface area contributed by atoms with Crippen LogP contribution >= 0.6 is 0 Å². The summed E-state index contributed by atoms with van der Waals surface area (Å²) in [5.74, 6) is -0.344. The van der Waals surface area contributed by atoms with Crippen LogP contribution in [0, 0.1) is 5.41 Å². The van der Waals surface area contributed by atoms with Gasteiger partial charge in [0.2, 0.25) is 5.91 Å². The Bertz CT molecular complexity index is 503. The van der Waals surface area contributed by atoms with E-state index in [9.17, 15) is 4.79 Å². The Kier molecular flexibility index (Phi) is 4.27. The number of primary amides is 1. The molecule has 2 aliphatic heterocycles. The molecule has 2 aliphatic rings. The molecule has 21 heavy (non-hydrogen) atoms. The average molecular weight is 287 g/mol. The molecule has 0 aromatic heterocycles. The van der Waals surface area contributed by atoms with Gasteiger partial charge >= 0.3 is 0 Å². The molecule has 0 bridgehead atoms. The van der Waals surface area contributed by atoms with E-state index in [2.05, 4.69) is 16.3 Å². The Morgan fingerprint density at radius 3 is 2.95 bits per heavy atom. The molecular weight excluding hydrogens is 262 g/mol. The van der Waals surface area contributed by atoms with E-state index >= 15 is 0 Å². The second-order valence-electron chi connectivity index (χ2n) is 6.66. The van der Waals surface area contributed by atoms with E-state index in [0.29, 0.717) is 11.0 Å². The molecule has 3 N–H and O–H groups in total. The largest absolute Gasteiger partial charge is 0.366 e. The van der Waals surface area contributed by atoms with Crippen molar-refractivity contribution in [2.45, 2.75) is 32.2 Å². The van der Waals surface area contributed by atoms with Crippen molar-refractivity contribution >= 4 is 5.91 Å². The number of hydrogen-bond donors (Lipinski definition) is 2. The second-order valence-corrected chi connectivity index (χ2v) is 6.66. The minimum atomic E-state index is -0.344. The molecule has 0 radical (unpaired) electrons. The predicted molar refractivity (Wildman–Crippen MR) is 84.0 cm³/mol. The fourth-order valence-electron chi connectivity index (χ4n) is 3.90. The molecule has 1 spiro atoms. The van der Waals surface area contributed by atoms with Crippen LogP contribution in [0.4, 0.5) is 0 Å². The smallest absolute Gasteiger partial charge is 0.248 e. The first-order valence-electron chi connectivity index (χ1n) is 7.99. The molecular formula is C17H25N3O. The van der Waals surface area contributed by atoms with Crippen molar-refractivity contribution in [3.05, 3.63) is 35.4 Å². The Hall–Kier alpha value is -1.39. The highest BCUT2D eigenvalue weighted by molar-refractivity contribution is 5.92. The Morgan fingerprint density at radius 2 is 2.19 bits per heavy atom. The third kappa shape index (κ3) is 3.44. The molecule has 0 aliphatic carbocycles. The van der Waals surface area contributed by atoms with Gasteiger partial charge in [-0.1, -0.05) is 12.1 Å². The highest BCUT2D eigenvalue weighted by Gasteiger charge is 2.36. The first-order valence-corrected chi connectivity index (χ1v) is 7.99. The number of nitrogens with two attached hydrogens (primary N) is 1. The zero-order valence-corrected chi connectivity index (χ0v) is 12.6. The maximum absolute atomic E-state index is 11.3. The number of likely N-dealkylation sites (tertiary alicyclic amines) is 1. The van der Waals surface area contributed by atoms with Gasteiger partial charge < -0.3 is 11.1 Å². The lowest BCUT2D eigenvalue weighted by Gasteiger charge is -2.45. The van der Waals surface area contributed by atoms with E-state index in [1.54, 1.807) is 6.07 Å². The molecule has 3 rings (SSSR count). The number of benzene rings is 1. The lowest BCUT2D eigenvalue weighted by Crippen LogP contribution is -2.50.